The lowest BCUT2D eigenvalue weighted by molar-refractivity contribution is -0.117. The van der Waals surface area contributed by atoms with Crippen LogP contribution in [0.15, 0.2) is 22.7 Å². The maximum absolute atomic E-state index is 11.7. The van der Waals surface area contributed by atoms with Gasteiger partial charge in [-0.1, -0.05) is 13.0 Å². The van der Waals surface area contributed by atoms with E-state index in [-0.39, 0.29) is 5.91 Å². The number of anilines is 2. The Morgan fingerprint density at radius 3 is 3.07 bits per heavy atom. The van der Waals surface area contributed by atoms with Crippen LogP contribution in [0.4, 0.5) is 11.4 Å². The zero-order chi connectivity index (χ0) is 10.8. The SMILES string of the molecule is CCCN1C(=O)CNc2cccc(Br)c21. The number of amides is 1. The lowest BCUT2D eigenvalue weighted by atomic mass is 10.2. The molecule has 1 aromatic carbocycles. The van der Waals surface area contributed by atoms with E-state index < -0.39 is 0 Å². The van der Waals surface area contributed by atoms with Gasteiger partial charge in [-0.3, -0.25) is 4.79 Å². The largest absolute Gasteiger partial charge is 0.374 e. The van der Waals surface area contributed by atoms with Crippen molar-refractivity contribution in [3.63, 3.8) is 0 Å². The number of nitrogens with one attached hydrogen (secondary N) is 1. The number of fused-ring (bicyclic) bond motifs is 1. The Bertz CT molecular complexity index is 392. The molecule has 0 saturated heterocycles. The molecule has 1 heterocycles. The van der Waals surface area contributed by atoms with E-state index in [0.717, 1.165) is 28.8 Å². The molecule has 2 rings (SSSR count). The van der Waals surface area contributed by atoms with E-state index in [1.165, 1.54) is 0 Å². The molecule has 0 spiro atoms. The molecule has 3 nitrogen and oxygen atoms in total. The van der Waals surface area contributed by atoms with Crippen LogP contribution < -0.4 is 10.2 Å². The second-order valence-corrected chi connectivity index (χ2v) is 4.39. The Morgan fingerprint density at radius 2 is 2.33 bits per heavy atom. The Balaban J connectivity index is 2.45. The van der Waals surface area contributed by atoms with Gasteiger partial charge >= 0.3 is 0 Å². The first-order valence-electron chi connectivity index (χ1n) is 5.06. The molecule has 0 bridgehead atoms. The lowest BCUT2D eigenvalue weighted by Crippen LogP contribution is -2.40. The first-order chi connectivity index (χ1) is 7.24. The number of rotatable bonds is 2. The van der Waals surface area contributed by atoms with Crippen molar-refractivity contribution < 1.29 is 4.79 Å². The molecule has 0 fully saturated rings. The van der Waals surface area contributed by atoms with Crippen molar-refractivity contribution in [2.24, 2.45) is 0 Å². The van der Waals surface area contributed by atoms with E-state index in [0.29, 0.717) is 6.54 Å². The summed E-state index contributed by atoms with van der Waals surface area (Å²) in [5.41, 5.74) is 1.99. The fourth-order valence-electron chi connectivity index (χ4n) is 1.78. The molecule has 0 atom stereocenters. The summed E-state index contributed by atoms with van der Waals surface area (Å²) in [4.78, 5) is 13.6. The molecule has 0 saturated carbocycles. The van der Waals surface area contributed by atoms with Crippen LogP contribution in [-0.2, 0) is 4.79 Å². The van der Waals surface area contributed by atoms with E-state index in [1.807, 2.05) is 23.1 Å². The number of para-hydroxylation sites is 1. The van der Waals surface area contributed by atoms with Crippen molar-refractivity contribution in [3.8, 4) is 0 Å². The van der Waals surface area contributed by atoms with E-state index in [1.54, 1.807) is 0 Å². The van der Waals surface area contributed by atoms with Crippen molar-refractivity contribution >= 4 is 33.2 Å². The second kappa shape index (κ2) is 4.23. The number of carbonyl (C=O) groups excluding carboxylic acids is 1. The summed E-state index contributed by atoms with van der Waals surface area (Å²) in [5, 5.41) is 3.12. The van der Waals surface area contributed by atoms with Gasteiger partial charge in [-0.2, -0.15) is 0 Å². The highest BCUT2D eigenvalue weighted by Crippen LogP contribution is 2.36. The Labute approximate surface area is 97.6 Å². The molecule has 1 amide bonds. The lowest BCUT2D eigenvalue weighted by Gasteiger charge is -2.30. The van der Waals surface area contributed by atoms with Crippen LogP contribution in [0.3, 0.4) is 0 Å². The van der Waals surface area contributed by atoms with Crippen LogP contribution in [0, 0.1) is 0 Å². The third-order valence-corrected chi connectivity index (χ3v) is 3.07. The molecular weight excluding hydrogens is 256 g/mol. The van der Waals surface area contributed by atoms with Gasteiger partial charge in [0.15, 0.2) is 0 Å². The highest BCUT2D eigenvalue weighted by molar-refractivity contribution is 9.10. The van der Waals surface area contributed by atoms with E-state index in [2.05, 4.69) is 28.2 Å². The molecule has 1 aromatic rings. The standard InChI is InChI=1S/C11H13BrN2O/c1-2-6-14-10(15)7-13-9-5-3-4-8(12)11(9)14/h3-5,13H,2,6-7H2,1H3. The van der Waals surface area contributed by atoms with Crippen LogP contribution in [0.5, 0.6) is 0 Å². The molecule has 1 N–H and O–H groups in total. The molecule has 4 heteroatoms. The van der Waals surface area contributed by atoms with Crippen molar-refractivity contribution in [2.45, 2.75) is 13.3 Å². The molecule has 80 valence electrons. The summed E-state index contributed by atoms with van der Waals surface area (Å²) < 4.78 is 0.967. The highest BCUT2D eigenvalue weighted by atomic mass is 79.9. The van der Waals surface area contributed by atoms with Crippen molar-refractivity contribution in [1.82, 2.24) is 0 Å². The number of halogens is 1. The van der Waals surface area contributed by atoms with Gasteiger partial charge in [-0.15, -0.1) is 0 Å². The second-order valence-electron chi connectivity index (χ2n) is 3.53. The predicted molar refractivity (Wildman–Crippen MR) is 65.3 cm³/mol. The zero-order valence-corrected chi connectivity index (χ0v) is 10.2. The summed E-state index contributed by atoms with van der Waals surface area (Å²) in [5.74, 6) is 0.135. The Hall–Kier alpha value is -1.03. The summed E-state index contributed by atoms with van der Waals surface area (Å²) in [7, 11) is 0. The molecule has 1 aliphatic rings. The van der Waals surface area contributed by atoms with E-state index >= 15 is 0 Å². The van der Waals surface area contributed by atoms with Crippen LogP contribution >= 0.6 is 15.9 Å². The first kappa shape index (κ1) is 10.5. The quantitative estimate of drug-likeness (QED) is 0.895. The topological polar surface area (TPSA) is 32.3 Å². The smallest absolute Gasteiger partial charge is 0.246 e. The molecule has 1 aliphatic heterocycles. The number of carbonyl (C=O) groups is 1. The molecule has 0 radical (unpaired) electrons. The molecular formula is C11H13BrN2O. The molecule has 0 unspecified atom stereocenters. The number of nitrogens with zero attached hydrogens (tertiary/aromatic N) is 1. The van der Waals surface area contributed by atoms with Gasteiger partial charge in [0, 0.05) is 11.0 Å². The predicted octanol–water partition coefficient (Wildman–Crippen LogP) is 2.62. The van der Waals surface area contributed by atoms with Gasteiger partial charge in [0.25, 0.3) is 0 Å². The summed E-state index contributed by atoms with van der Waals surface area (Å²) >= 11 is 3.49. The highest BCUT2D eigenvalue weighted by Gasteiger charge is 2.24. The van der Waals surface area contributed by atoms with Gasteiger partial charge < -0.3 is 10.2 Å². The van der Waals surface area contributed by atoms with Gasteiger partial charge in [0.05, 0.1) is 17.9 Å². The van der Waals surface area contributed by atoms with Gasteiger partial charge in [0.1, 0.15) is 0 Å². The summed E-state index contributed by atoms with van der Waals surface area (Å²) in [6, 6.07) is 5.92. The monoisotopic (exact) mass is 268 g/mol. The third kappa shape index (κ3) is 1.86. The zero-order valence-electron chi connectivity index (χ0n) is 8.59. The number of hydrogen-bond acceptors (Lipinski definition) is 2. The first-order valence-corrected chi connectivity index (χ1v) is 5.86. The van der Waals surface area contributed by atoms with Crippen LogP contribution in [0.2, 0.25) is 0 Å². The van der Waals surface area contributed by atoms with Crippen molar-refractivity contribution in [2.75, 3.05) is 23.3 Å². The van der Waals surface area contributed by atoms with E-state index in [9.17, 15) is 4.79 Å². The molecule has 15 heavy (non-hydrogen) atoms. The maximum atomic E-state index is 11.7. The fraction of sp³-hybridized carbons (Fsp3) is 0.364. The number of benzene rings is 1. The van der Waals surface area contributed by atoms with Crippen LogP contribution in [0.1, 0.15) is 13.3 Å². The maximum Gasteiger partial charge on any atom is 0.246 e. The van der Waals surface area contributed by atoms with Crippen LogP contribution in [-0.4, -0.2) is 19.0 Å². The average molecular weight is 269 g/mol. The minimum absolute atomic E-state index is 0.135. The summed E-state index contributed by atoms with van der Waals surface area (Å²) in [6.07, 6.45) is 0.965. The molecule has 0 aliphatic carbocycles. The number of hydrogen-bond donors (Lipinski definition) is 1. The normalized spacial score (nSPS) is 14.8. The van der Waals surface area contributed by atoms with Gasteiger partial charge in [-0.25, -0.2) is 0 Å². The van der Waals surface area contributed by atoms with Crippen molar-refractivity contribution in [3.05, 3.63) is 22.7 Å². The average Bonchev–Trinajstić information content (AvgIpc) is 2.23. The Kier molecular flexibility index (Phi) is 2.95. The minimum Gasteiger partial charge on any atom is -0.374 e. The fourth-order valence-corrected chi connectivity index (χ4v) is 2.36. The summed E-state index contributed by atoms with van der Waals surface area (Å²) in [6.45, 7) is 3.24. The van der Waals surface area contributed by atoms with Crippen molar-refractivity contribution in [1.29, 1.82) is 0 Å². The molecule has 0 aromatic heterocycles. The van der Waals surface area contributed by atoms with Gasteiger partial charge in [0.2, 0.25) is 5.91 Å². The Morgan fingerprint density at radius 1 is 1.53 bits per heavy atom. The third-order valence-electron chi connectivity index (χ3n) is 2.44. The van der Waals surface area contributed by atoms with Crippen LogP contribution in [0.25, 0.3) is 0 Å². The minimum atomic E-state index is 0.135. The van der Waals surface area contributed by atoms with Gasteiger partial charge in [-0.05, 0) is 34.5 Å². The van der Waals surface area contributed by atoms with E-state index in [4.69, 9.17) is 0 Å².